The first-order chi connectivity index (χ1) is 11.3. The van der Waals surface area contributed by atoms with Gasteiger partial charge in [-0.15, -0.1) is 0 Å². The van der Waals surface area contributed by atoms with Gasteiger partial charge in [0.1, 0.15) is 5.75 Å². The number of rotatable bonds is 6. The Morgan fingerprint density at radius 2 is 1.57 bits per heavy atom. The van der Waals surface area contributed by atoms with E-state index in [1.807, 2.05) is 12.1 Å². The summed E-state index contributed by atoms with van der Waals surface area (Å²) in [7, 11) is 0. The summed E-state index contributed by atoms with van der Waals surface area (Å²) in [6, 6.07) is 19.2. The molecule has 0 heterocycles. The summed E-state index contributed by atoms with van der Waals surface area (Å²) in [5.41, 5.74) is 2.82. The van der Waals surface area contributed by atoms with Crippen LogP contribution in [0.5, 0.6) is 5.75 Å². The molecule has 0 aliphatic heterocycles. The normalized spacial score (nSPS) is 21.2. The molecule has 1 fully saturated rings. The first-order valence-electron chi connectivity index (χ1n) is 8.87. The smallest absolute Gasteiger partial charge is 0.115 e. The highest BCUT2D eigenvalue weighted by molar-refractivity contribution is 5.28. The van der Waals surface area contributed by atoms with E-state index in [4.69, 9.17) is 0 Å². The van der Waals surface area contributed by atoms with Crippen molar-refractivity contribution in [1.82, 2.24) is 5.32 Å². The van der Waals surface area contributed by atoms with E-state index >= 15 is 0 Å². The first kappa shape index (κ1) is 16.1. The summed E-state index contributed by atoms with van der Waals surface area (Å²) in [4.78, 5) is 0. The van der Waals surface area contributed by atoms with Crippen LogP contribution in [0.3, 0.4) is 0 Å². The lowest BCUT2D eigenvalue weighted by Crippen LogP contribution is -2.33. The summed E-state index contributed by atoms with van der Waals surface area (Å²) in [5.74, 6) is 1.03. The second kappa shape index (κ2) is 8.16. The molecule has 0 aromatic heterocycles. The molecule has 2 aromatic carbocycles. The number of phenols is 1. The molecule has 122 valence electrons. The Hall–Kier alpha value is -1.80. The lowest BCUT2D eigenvalue weighted by molar-refractivity contribution is 0.342. The minimum atomic E-state index is 0.363. The van der Waals surface area contributed by atoms with E-state index in [1.165, 1.54) is 43.2 Å². The molecule has 1 aliphatic rings. The van der Waals surface area contributed by atoms with Gasteiger partial charge in [0.05, 0.1) is 0 Å². The Bertz CT molecular complexity index is 571. The van der Waals surface area contributed by atoms with E-state index < -0.39 is 0 Å². The number of nitrogens with one attached hydrogen (secondary N) is 1. The quantitative estimate of drug-likeness (QED) is 0.762. The van der Waals surface area contributed by atoms with Crippen molar-refractivity contribution >= 4 is 0 Å². The second-order valence-electron chi connectivity index (χ2n) is 6.68. The van der Waals surface area contributed by atoms with Crippen LogP contribution in [0.1, 0.15) is 49.1 Å². The van der Waals surface area contributed by atoms with Crippen LogP contribution in [0, 0.1) is 0 Å². The van der Waals surface area contributed by atoms with Crippen molar-refractivity contribution in [2.75, 3.05) is 6.54 Å². The predicted octanol–water partition coefficient (Wildman–Crippen LogP) is 4.64. The highest BCUT2D eigenvalue weighted by atomic mass is 16.3. The summed E-state index contributed by atoms with van der Waals surface area (Å²) in [5, 5.41) is 13.1. The van der Waals surface area contributed by atoms with Crippen molar-refractivity contribution in [2.24, 2.45) is 0 Å². The second-order valence-corrected chi connectivity index (χ2v) is 6.68. The maximum Gasteiger partial charge on any atom is 0.115 e. The van der Waals surface area contributed by atoms with E-state index in [2.05, 4.69) is 47.8 Å². The number of benzene rings is 2. The molecular formula is C21H27NO. The van der Waals surface area contributed by atoms with Gasteiger partial charge in [-0.2, -0.15) is 0 Å². The summed E-state index contributed by atoms with van der Waals surface area (Å²) in [6.07, 6.45) is 7.40. The molecule has 3 rings (SSSR count). The van der Waals surface area contributed by atoms with Gasteiger partial charge in [0.15, 0.2) is 0 Å². The van der Waals surface area contributed by atoms with Crippen LogP contribution in [0.2, 0.25) is 0 Å². The van der Waals surface area contributed by atoms with Gasteiger partial charge in [-0.1, -0.05) is 42.5 Å². The lowest BCUT2D eigenvalue weighted by atomic mass is 9.81. The summed E-state index contributed by atoms with van der Waals surface area (Å²) >= 11 is 0. The molecule has 2 N–H and O–H groups in total. The Labute approximate surface area is 139 Å². The number of phenolic OH excluding ortho intramolecular Hbond substituents is 1. The van der Waals surface area contributed by atoms with Crippen molar-refractivity contribution in [3.05, 3.63) is 65.7 Å². The van der Waals surface area contributed by atoms with E-state index in [-0.39, 0.29) is 0 Å². The van der Waals surface area contributed by atoms with Crippen LogP contribution in [0.4, 0.5) is 0 Å². The molecule has 0 amide bonds. The van der Waals surface area contributed by atoms with Gasteiger partial charge in [0, 0.05) is 6.04 Å². The average Bonchev–Trinajstić information content (AvgIpc) is 2.61. The highest BCUT2D eigenvalue weighted by Gasteiger charge is 2.21. The topological polar surface area (TPSA) is 32.3 Å². The molecule has 2 aromatic rings. The summed E-state index contributed by atoms with van der Waals surface area (Å²) in [6.45, 7) is 1.11. The monoisotopic (exact) mass is 309 g/mol. The third-order valence-corrected chi connectivity index (χ3v) is 5.01. The zero-order valence-electron chi connectivity index (χ0n) is 13.7. The molecule has 2 nitrogen and oxygen atoms in total. The van der Waals surface area contributed by atoms with Gasteiger partial charge in [0.25, 0.3) is 0 Å². The van der Waals surface area contributed by atoms with E-state index in [1.54, 1.807) is 0 Å². The molecule has 23 heavy (non-hydrogen) atoms. The van der Waals surface area contributed by atoms with Crippen molar-refractivity contribution in [3.63, 3.8) is 0 Å². The zero-order chi connectivity index (χ0) is 15.9. The summed E-state index contributed by atoms with van der Waals surface area (Å²) < 4.78 is 0. The third-order valence-electron chi connectivity index (χ3n) is 5.01. The van der Waals surface area contributed by atoms with Crippen LogP contribution in [-0.4, -0.2) is 17.7 Å². The minimum absolute atomic E-state index is 0.363. The van der Waals surface area contributed by atoms with Crippen LogP contribution in [0.15, 0.2) is 54.6 Å². The number of aromatic hydroxyl groups is 1. The van der Waals surface area contributed by atoms with Gasteiger partial charge < -0.3 is 10.4 Å². The fourth-order valence-corrected chi connectivity index (χ4v) is 3.62. The Kier molecular flexibility index (Phi) is 5.71. The molecule has 1 saturated carbocycles. The van der Waals surface area contributed by atoms with Gasteiger partial charge in [-0.05, 0) is 74.2 Å². The molecule has 0 unspecified atom stereocenters. The zero-order valence-corrected chi connectivity index (χ0v) is 13.7. The maximum absolute atomic E-state index is 9.39. The number of hydrogen-bond acceptors (Lipinski definition) is 2. The van der Waals surface area contributed by atoms with Crippen molar-refractivity contribution in [2.45, 2.75) is 50.5 Å². The van der Waals surface area contributed by atoms with Crippen LogP contribution < -0.4 is 5.32 Å². The van der Waals surface area contributed by atoms with Gasteiger partial charge >= 0.3 is 0 Å². The largest absolute Gasteiger partial charge is 0.508 e. The third kappa shape index (κ3) is 4.84. The maximum atomic E-state index is 9.39. The van der Waals surface area contributed by atoms with Crippen molar-refractivity contribution < 1.29 is 5.11 Å². The molecule has 0 radical (unpaired) electrons. The molecule has 0 spiro atoms. The molecular weight excluding hydrogens is 282 g/mol. The number of hydrogen-bond donors (Lipinski definition) is 2. The van der Waals surface area contributed by atoms with Gasteiger partial charge in [-0.3, -0.25) is 0 Å². The Balaban J connectivity index is 1.35. The fraction of sp³-hybridized carbons (Fsp3) is 0.429. The molecule has 0 atom stereocenters. The molecule has 0 saturated heterocycles. The van der Waals surface area contributed by atoms with Crippen molar-refractivity contribution in [3.8, 4) is 5.75 Å². The molecule has 2 heteroatoms. The van der Waals surface area contributed by atoms with Gasteiger partial charge in [0.2, 0.25) is 0 Å². The minimum Gasteiger partial charge on any atom is -0.508 e. The SMILES string of the molecule is Oc1ccc(C2CCC(NCCCc3ccccc3)CC2)cc1. The van der Waals surface area contributed by atoms with Gasteiger partial charge in [-0.25, -0.2) is 0 Å². The van der Waals surface area contributed by atoms with Crippen molar-refractivity contribution in [1.29, 1.82) is 0 Å². The number of aryl methyl sites for hydroxylation is 1. The Morgan fingerprint density at radius 3 is 2.26 bits per heavy atom. The van der Waals surface area contributed by atoms with Crippen LogP contribution >= 0.6 is 0 Å². The van der Waals surface area contributed by atoms with E-state index in [0.29, 0.717) is 17.7 Å². The average molecular weight is 309 g/mol. The lowest BCUT2D eigenvalue weighted by Gasteiger charge is -2.29. The van der Waals surface area contributed by atoms with E-state index in [9.17, 15) is 5.11 Å². The fourth-order valence-electron chi connectivity index (χ4n) is 3.62. The first-order valence-corrected chi connectivity index (χ1v) is 8.87. The molecule has 1 aliphatic carbocycles. The highest BCUT2D eigenvalue weighted by Crippen LogP contribution is 2.33. The van der Waals surface area contributed by atoms with E-state index in [0.717, 1.165) is 13.0 Å². The Morgan fingerprint density at radius 1 is 0.870 bits per heavy atom. The molecule has 0 bridgehead atoms. The standard InChI is InChI=1S/C21H27NO/c23-21-14-10-19(11-15-21)18-8-12-20(13-9-18)22-16-4-7-17-5-2-1-3-6-17/h1-3,5-6,10-11,14-15,18,20,22-23H,4,7-9,12-13,16H2. The van der Waals surface area contributed by atoms with Crippen LogP contribution in [0.25, 0.3) is 0 Å². The van der Waals surface area contributed by atoms with Crippen LogP contribution in [-0.2, 0) is 6.42 Å². The predicted molar refractivity (Wildman–Crippen MR) is 95.9 cm³/mol.